The molecule has 0 bridgehead atoms. The Balaban J connectivity index is 1.73. The molecule has 1 saturated carbocycles. The zero-order chi connectivity index (χ0) is 17.8. The minimum absolute atomic E-state index is 0.00392. The van der Waals surface area contributed by atoms with Gasteiger partial charge in [0.15, 0.2) is 0 Å². The SMILES string of the molecule is CC(C)c1nccc(C(=O)N[C@H](Cc2ccccc2)C2CC(O)C2)n1. The number of carbonyl (C=O) groups excluding carboxylic acids is 1. The van der Waals surface area contributed by atoms with E-state index in [0.29, 0.717) is 17.4 Å². The van der Waals surface area contributed by atoms with E-state index in [-0.39, 0.29) is 24.0 Å². The smallest absolute Gasteiger partial charge is 0.270 e. The number of nitrogens with one attached hydrogen (secondary N) is 1. The summed E-state index contributed by atoms with van der Waals surface area (Å²) < 4.78 is 0. The summed E-state index contributed by atoms with van der Waals surface area (Å²) in [6.07, 6.45) is 3.62. The average Bonchev–Trinajstić information content (AvgIpc) is 2.59. The first kappa shape index (κ1) is 17.5. The van der Waals surface area contributed by atoms with E-state index in [9.17, 15) is 9.90 Å². The molecule has 5 heteroatoms. The van der Waals surface area contributed by atoms with Gasteiger partial charge in [0.25, 0.3) is 5.91 Å². The van der Waals surface area contributed by atoms with Gasteiger partial charge in [0.2, 0.25) is 0 Å². The Morgan fingerprint density at radius 2 is 1.96 bits per heavy atom. The highest BCUT2D eigenvalue weighted by Gasteiger charge is 2.35. The van der Waals surface area contributed by atoms with Gasteiger partial charge in [-0.3, -0.25) is 4.79 Å². The first-order valence-electron chi connectivity index (χ1n) is 8.88. The molecule has 1 heterocycles. The van der Waals surface area contributed by atoms with E-state index in [1.807, 2.05) is 32.0 Å². The number of hydrogen-bond donors (Lipinski definition) is 2. The Kier molecular flexibility index (Phi) is 5.43. The maximum atomic E-state index is 12.7. The number of aliphatic hydroxyl groups excluding tert-OH is 1. The molecule has 132 valence electrons. The number of nitrogens with zero attached hydrogens (tertiary/aromatic N) is 2. The standard InChI is InChI=1S/C20H25N3O2/c1-13(2)19-21-9-8-17(22-19)20(25)23-18(15-11-16(24)12-15)10-14-6-4-3-5-7-14/h3-9,13,15-16,18,24H,10-12H2,1-2H3,(H,23,25)/t15?,16?,18-/m1/s1. The number of aliphatic hydroxyl groups is 1. The van der Waals surface area contributed by atoms with Crippen molar-refractivity contribution in [3.05, 3.63) is 59.7 Å². The van der Waals surface area contributed by atoms with Crippen molar-refractivity contribution < 1.29 is 9.90 Å². The van der Waals surface area contributed by atoms with Crippen LogP contribution in [0.4, 0.5) is 0 Å². The van der Waals surface area contributed by atoms with Crippen LogP contribution in [0.15, 0.2) is 42.6 Å². The van der Waals surface area contributed by atoms with E-state index < -0.39 is 0 Å². The van der Waals surface area contributed by atoms with Crippen molar-refractivity contribution in [3.8, 4) is 0 Å². The fraction of sp³-hybridized carbons (Fsp3) is 0.450. The van der Waals surface area contributed by atoms with Crippen LogP contribution in [0.5, 0.6) is 0 Å². The summed E-state index contributed by atoms with van der Waals surface area (Å²) in [5.41, 5.74) is 1.58. The van der Waals surface area contributed by atoms with Crippen molar-refractivity contribution in [3.63, 3.8) is 0 Å². The molecule has 1 aromatic heterocycles. The highest BCUT2D eigenvalue weighted by Crippen LogP contribution is 2.31. The third kappa shape index (κ3) is 4.42. The maximum Gasteiger partial charge on any atom is 0.270 e. The minimum atomic E-state index is -0.244. The average molecular weight is 339 g/mol. The summed E-state index contributed by atoms with van der Waals surface area (Å²) in [5, 5.41) is 12.8. The fourth-order valence-electron chi connectivity index (χ4n) is 3.18. The number of amides is 1. The summed E-state index contributed by atoms with van der Waals surface area (Å²) in [4.78, 5) is 21.3. The molecule has 2 aromatic rings. The fourth-order valence-corrected chi connectivity index (χ4v) is 3.18. The van der Waals surface area contributed by atoms with Crippen molar-refractivity contribution >= 4 is 5.91 Å². The molecule has 0 aliphatic heterocycles. The second-order valence-corrected chi connectivity index (χ2v) is 7.11. The van der Waals surface area contributed by atoms with Crippen molar-refractivity contribution in [1.29, 1.82) is 0 Å². The lowest BCUT2D eigenvalue weighted by molar-refractivity contribution is 0.0238. The van der Waals surface area contributed by atoms with Crippen LogP contribution >= 0.6 is 0 Å². The lowest BCUT2D eigenvalue weighted by Gasteiger charge is -2.38. The van der Waals surface area contributed by atoms with Gasteiger partial charge in [-0.1, -0.05) is 44.2 Å². The topological polar surface area (TPSA) is 75.1 Å². The van der Waals surface area contributed by atoms with Crippen LogP contribution in [0.3, 0.4) is 0 Å². The molecule has 0 spiro atoms. The predicted molar refractivity (Wildman–Crippen MR) is 96.3 cm³/mol. The molecule has 1 atom stereocenters. The van der Waals surface area contributed by atoms with Crippen LogP contribution in [0.25, 0.3) is 0 Å². The number of rotatable bonds is 6. The van der Waals surface area contributed by atoms with Crippen LogP contribution in [0.1, 0.15) is 54.5 Å². The Morgan fingerprint density at radius 1 is 1.24 bits per heavy atom. The lowest BCUT2D eigenvalue weighted by atomic mass is 9.75. The van der Waals surface area contributed by atoms with Gasteiger partial charge in [0, 0.05) is 18.2 Å². The first-order chi connectivity index (χ1) is 12.0. The molecule has 1 fully saturated rings. The van der Waals surface area contributed by atoms with Crippen molar-refractivity contribution in [2.75, 3.05) is 0 Å². The normalized spacial score (nSPS) is 20.8. The molecule has 3 rings (SSSR count). The van der Waals surface area contributed by atoms with Crippen molar-refractivity contribution in [1.82, 2.24) is 15.3 Å². The van der Waals surface area contributed by atoms with Gasteiger partial charge in [0.1, 0.15) is 11.5 Å². The second kappa shape index (κ2) is 7.74. The molecule has 0 saturated heterocycles. The zero-order valence-corrected chi connectivity index (χ0v) is 14.7. The number of benzene rings is 1. The maximum absolute atomic E-state index is 12.7. The molecule has 1 aromatic carbocycles. The largest absolute Gasteiger partial charge is 0.393 e. The summed E-state index contributed by atoms with van der Waals surface area (Å²) in [6.45, 7) is 4.01. The monoisotopic (exact) mass is 339 g/mol. The van der Waals surface area contributed by atoms with E-state index in [1.54, 1.807) is 12.3 Å². The molecule has 1 aliphatic rings. The van der Waals surface area contributed by atoms with Gasteiger partial charge in [-0.15, -0.1) is 0 Å². The number of aromatic nitrogens is 2. The van der Waals surface area contributed by atoms with Gasteiger partial charge in [-0.25, -0.2) is 9.97 Å². The van der Waals surface area contributed by atoms with E-state index in [2.05, 4.69) is 27.4 Å². The first-order valence-corrected chi connectivity index (χ1v) is 8.88. The van der Waals surface area contributed by atoms with E-state index in [0.717, 1.165) is 19.3 Å². The van der Waals surface area contributed by atoms with Crippen molar-refractivity contribution in [2.24, 2.45) is 5.92 Å². The second-order valence-electron chi connectivity index (χ2n) is 7.11. The van der Waals surface area contributed by atoms with Crippen LogP contribution in [-0.4, -0.2) is 33.1 Å². The quantitative estimate of drug-likeness (QED) is 0.848. The zero-order valence-electron chi connectivity index (χ0n) is 14.7. The van der Waals surface area contributed by atoms with Crippen LogP contribution in [0.2, 0.25) is 0 Å². The van der Waals surface area contributed by atoms with Crippen LogP contribution in [0, 0.1) is 5.92 Å². The number of hydrogen-bond acceptors (Lipinski definition) is 4. The third-order valence-corrected chi connectivity index (χ3v) is 4.76. The summed E-state index contributed by atoms with van der Waals surface area (Å²) in [7, 11) is 0. The van der Waals surface area contributed by atoms with Gasteiger partial charge in [-0.2, -0.15) is 0 Å². The molecule has 1 amide bonds. The number of carbonyl (C=O) groups is 1. The van der Waals surface area contributed by atoms with Crippen LogP contribution < -0.4 is 5.32 Å². The van der Waals surface area contributed by atoms with Crippen molar-refractivity contribution in [2.45, 2.75) is 51.2 Å². The summed E-state index contributed by atoms with van der Waals surface area (Å²) in [6, 6.07) is 11.8. The third-order valence-electron chi connectivity index (χ3n) is 4.76. The Hall–Kier alpha value is -2.27. The molecule has 0 unspecified atom stereocenters. The predicted octanol–water partition coefficient (Wildman–Crippen LogP) is 2.71. The van der Waals surface area contributed by atoms with Gasteiger partial charge in [0.05, 0.1) is 6.10 Å². The lowest BCUT2D eigenvalue weighted by Crippen LogP contribution is -2.48. The highest BCUT2D eigenvalue weighted by atomic mass is 16.3. The van der Waals surface area contributed by atoms with Gasteiger partial charge < -0.3 is 10.4 Å². The highest BCUT2D eigenvalue weighted by molar-refractivity contribution is 5.92. The molecule has 25 heavy (non-hydrogen) atoms. The molecular weight excluding hydrogens is 314 g/mol. The van der Waals surface area contributed by atoms with E-state index >= 15 is 0 Å². The van der Waals surface area contributed by atoms with Gasteiger partial charge >= 0.3 is 0 Å². The summed E-state index contributed by atoms with van der Waals surface area (Å²) >= 11 is 0. The van der Waals surface area contributed by atoms with E-state index in [4.69, 9.17) is 0 Å². The molecular formula is C20H25N3O2. The van der Waals surface area contributed by atoms with Crippen LogP contribution in [-0.2, 0) is 6.42 Å². The Morgan fingerprint density at radius 3 is 2.60 bits per heavy atom. The van der Waals surface area contributed by atoms with Gasteiger partial charge in [-0.05, 0) is 36.8 Å². The summed E-state index contributed by atoms with van der Waals surface area (Å²) in [5.74, 6) is 0.971. The molecule has 2 N–H and O–H groups in total. The molecule has 1 aliphatic carbocycles. The minimum Gasteiger partial charge on any atom is -0.393 e. The molecule has 5 nitrogen and oxygen atoms in total. The molecule has 0 radical (unpaired) electrons. The Labute approximate surface area is 148 Å². The van der Waals surface area contributed by atoms with E-state index in [1.165, 1.54) is 5.56 Å². The Bertz CT molecular complexity index is 712.